The molecule has 0 spiro atoms. The monoisotopic (exact) mass is 153 g/mol. The molecule has 0 saturated carbocycles. The number of ether oxygens (including phenoxy) is 1. The quantitative estimate of drug-likeness (QED) is 0.592. The summed E-state index contributed by atoms with van der Waals surface area (Å²) in [6, 6.07) is 0. The molecule has 0 N–H and O–H groups in total. The minimum atomic E-state index is 0.660. The Morgan fingerprint density at radius 2 is 2.18 bits per heavy atom. The van der Waals surface area contributed by atoms with Gasteiger partial charge in [-0.3, -0.25) is 0 Å². The molecule has 0 amide bonds. The molecular formula is C9H15NO. The van der Waals surface area contributed by atoms with E-state index in [0.717, 1.165) is 6.61 Å². The van der Waals surface area contributed by atoms with Crippen molar-refractivity contribution in [3.05, 3.63) is 12.3 Å². The third-order valence-corrected chi connectivity index (χ3v) is 2.45. The van der Waals surface area contributed by atoms with Crippen molar-refractivity contribution in [2.45, 2.75) is 12.8 Å². The number of rotatable bonds is 2. The SMILES string of the molecule is C1=CC(CN2CCCC2)CO1. The molecule has 0 radical (unpaired) electrons. The summed E-state index contributed by atoms with van der Waals surface area (Å²) in [5.41, 5.74) is 0. The van der Waals surface area contributed by atoms with Crippen molar-refractivity contribution in [1.82, 2.24) is 4.90 Å². The fourth-order valence-electron chi connectivity index (χ4n) is 1.81. The smallest absolute Gasteiger partial charge is 0.0949 e. The van der Waals surface area contributed by atoms with Gasteiger partial charge in [0.15, 0.2) is 0 Å². The van der Waals surface area contributed by atoms with Crippen molar-refractivity contribution in [2.75, 3.05) is 26.2 Å². The molecule has 0 aromatic heterocycles. The van der Waals surface area contributed by atoms with Gasteiger partial charge in [-0.25, -0.2) is 0 Å². The highest BCUT2D eigenvalue weighted by Crippen LogP contribution is 2.14. The van der Waals surface area contributed by atoms with Crippen LogP contribution in [0.25, 0.3) is 0 Å². The van der Waals surface area contributed by atoms with Gasteiger partial charge in [0.25, 0.3) is 0 Å². The molecule has 2 rings (SSSR count). The largest absolute Gasteiger partial charge is 0.501 e. The highest BCUT2D eigenvalue weighted by molar-refractivity contribution is 4.91. The van der Waals surface area contributed by atoms with Crippen LogP contribution in [0.4, 0.5) is 0 Å². The van der Waals surface area contributed by atoms with E-state index in [1.807, 2.05) is 6.26 Å². The lowest BCUT2D eigenvalue weighted by Crippen LogP contribution is -2.26. The Morgan fingerprint density at radius 3 is 2.82 bits per heavy atom. The van der Waals surface area contributed by atoms with E-state index in [1.165, 1.54) is 32.5 Å². The topological polar surface area (TPSA) is 12.5 Å². The third-order valence-electron chi connectivity index (χ3n) is 2.45. The Kier molecular flexibility index (Phi) is 2.13. The van der Waals surface area contributed by atoms with Crippen molar-refractivity contribution < 1.29 is 4.74 Å². The summed E-state index contributed by atoms with van der Waals surface area (Å²) in [5.74, 6) is 0.660. The maximum Gasteiger partial charge on any atom is 0.0949 e. The summed E-state index contributed by atoms with van der Waals surface area (Å²) in [6.07, 6.45) is 6.79. The van der Waals surface area contributed by atoms with Crippen LogP contribution >= 0.6 is 0 Å². The van der Waals surface area contributed by atoms with E-state index in [0.29, 0.717) is 5.92 Å². The summed E-state index contributed by atoms with van der Waals surface area (Å²) in [6.45, 7) is 4.70. The Bertz CT molecular complexity index is 150. The van der Waals surface area contributed by atoms with Crippen LogP contribution < -0.4 is 0 Å². The van der Waals surface area contributed by atoms with E-state index < -0.39 is 0 Å². The van der Waals surface area contributed by atoms with Crippen LogP contribution in [0.1, 0.15) is 12.8 Å². The summed E-state index contributed by atoms with van der Waals surface area (Å²) in [4.78, 5) is 2.53. The minimum Gasteiger partial charge on any atom is -0.501 e. The first kappa shape index (κ1) is 7.17. The fourth-order valence-corrected chi connectivity index (χ4v) is 1.81. The van der Waals surface area contributed by atoms with E-state index in [9.17, 15) is 0 Å². The second kappa shape index (κ2) is 3.26. The average molecular weight is 153 g/mol. The van der Waals surface area contributed by atoms with Gasteiger partial charge in [-0.15, -0.1) is 0 Å². The molecular weight excluding hydrogens is 138 g/mol. The van der Waals surface area contributed by atoms with E-state index in [4.69, 9.17) is 4.74 Å². The molecule has 0 bridgehead atoms. The van der Waals surface area contributed by atoms with Gasteiger partial charge in [0.2, 0.25) is 0 Å². The lowest BCUT2D eigenvalue weighted by molar-refractivity contribution is 0.213. The van der Waals surface area contributed by atoms with E-state index in [2.05, 4.69) is 11.0 Å². The molecule has 2 aliphatic rings. The van der Waals surface area contributed by atoms with Crippen molar-refractivity contribution >= 4 is 0 Å². The molecule has 1 fully saturated rings. The number of hydrogen-bond donors (Lipinski definition) is 0. The molecule has 11 heavy (non-hydrogen) atoms. The predicted molar refractivity (Wildman–Crippen MR) is 44.3 cm³/mol. The van der Waals surface area contributed by atoms with Crippen LogP contribution in [0, 0.1) is 5.92 Å². The molecule has 2 heteroatoms. The maximum absolute atomic E-state index is 5.16. The van der Waals surface area contributed by atoms with Crippen LogP contribution in [0.5, 0.6) is 0 Å². The van der Waals surface area contributed by atoms with Crippen LogP contribution in [-0.4, -0.2) is 31.1 Å². The first-order valence-corrected chi connectivity index (χ1v) is 4.46. The molecule has 2 heterocycles. The van der Waals surface area contributed by atoms with Gasteiger partial charge in [-0.1, -0.05) is 0 Å². The lowest BCUT2D eigenvalue weighted by atomic mass is 10.1. The normalized spacial score (nSPS) is 31.1. The second-order valence-corrected chi connectivity index (χ2v) is 3.43. The maximum atomic E-state index is 5.16. The molecule has 0 aromatic carbocycles. The number of hydrogen-bond acceptors (Lipinski definition) is 2. The zero-order valence-electron chi connectivity index (χ0n) is 6.83. The Labute approximate surface area is 67.8 Å². The Balaban J connectivity index is 1.75. The summed E-state index contributed by atoms with van der Waals surface area (Å²) >= 11 is 0. The van der Waals surface area contributed by atoms with Crippen molar-refractivity contribution in [2.24, 2.45) is 5.92 Å². The zero-order chi connectivity index (χ0) is 7.52. The second-order valence-electron chi connectivity index (χ2n) is 3.43. The van der Waals surface area contributed by atoms with Crippen LogP contribution in [0.15, 0.2) is 12.3 Å². The Morgan fingerprint density at radius 1 is 1.36 bits per heavy atom. The first-order valence-electron chi connectivity index (χ1n) is 4.46. The van der Waals surface area contributed by atoms with E-state index >= 15 is 0 Å². The van der Waals surface area contributed by atoms with Gasteiger partial charge in [0.1, 0.15) is 0 Å². The summed E-state index contributed by atoms with van der Waals surface area (Å²) < 4.78 is 5.16. The fraction of sp³-hybridized carbons (Fsp3) is 0.778. The van der Waals surface area contributed by atoms with Crippen LogP contribution in [-0.2, 0) is 4.74 Å². The predicted octanol–water partition coefficient (Wildman–Crippen LogP) is 1.24. The van der Waals surface area contributed by atoms with Gasteiger partial charge in [-0.2, -0.15) is 0 Å². The van der Waals surface area contributed by atoms with Crippen molar-refractivity contribution in [3.8, 4) is 0 Å². The molecule has 2 aliphatic heterocycles. The average Bonchev–Trinajstić information content (AvgIpc) is 2.60. The van der Waals surface area contributed by atoms with Gasteiger partial charge in [-0.05, 0) is 32.0 Å². The highest BCUT2D eigenvalue weighted by atomic mass is 16.5. The standard InChI is InChI=1S/C9H15NO/c1-2-5-10(4-1)7-9-3-6-11-8-9/h3,6,9H,1-2,4-5,7-8H2. The Hall–Kier alpha value is -0.500. The number of likely N-dealkylation sites (tertiary alicyclic amines) is 1. The molecule has 1 atom stereocenters. The zero-order valence-corrected chi connectivity index (χ0v) is 6.83. The van der Waals surface area contributed by atoms with Crippen LogP contribution in [0.3, 0.4) is 0 Å². The van der Waals surface area contributed by atoms with E-state index in [-0.39, 0.29) is 0 Å². The number of nitrogens with zero attached hydrogens (tertiary/aromatic N) is 1. The molecule has 1 saturated heterocycles. The third kappa shape index (κ3) is 1.74. The van der Waals surface area contributed by atoms with E-state index in [1.54, 1.807) is 0 Å². The molecule has 0 aliphatic carbocycles. The first-order chi connectivity index (χ1) is 5.45. The van der Waals surface area contributed by atoms with Crippen molar-refractivity contribution in [1.29, 1.82) is 0 Å². The van der Waals surface area contributed by atoms with Gasteiger partial charge in [0, 0.05) is 12.5 Å². The lowest BCUT2D eigenvalue weighted by Gasteiger charge is -2.17. The van der Waals surface area contributed by atoms with Gasteiger partial charge >= 0.3 is 0 Å². The molecule has 0 aromatic rings. The van der Waals surface area contributed by atoms with Gasteiger partial charge < -0.3 is 9.64 Å². The van der Waals surface area contributed by atoms with Crippen LogP contribution in [0.2, 0.25) is 0 Å². The molecule has 1 unspecified atom stereocenters. The summed E-state index contributed by atoms with van der Waals surface area (Å²) in [7, 11) is 0. The minimum absolute atomic E-state index is 0.660. The van der Waals surface area contributed by atoms with Gasteiger partial charge in [0.05, 0.1) is 12.9 Å². The summed E-state index contributed by atoms with van der Waals surface area (Å²) in [5, 5.41) is 0. The molecule has 62 valence electrons. The molecule has 2 nitrogen and oxygen atoms in total. The van der Waals surface area contributed by atoms with Crippen molar-refractivity contribution in [3.63, 3.8) is 0 Å². The highest BCUT2D eigenvalue weighted by Gasteiger charge is 2.17.